The molecule has 1 N–H and O–H groups in total. The number of piperidine rings is 1. The van der Waals surface area contributed by atoms with E-state index in [0.717, 1.165) is 35.5 Å². The number of nitriles is 1. The van der Waals surface area contributed by atoms with Gasteiger partial charge in [0.25, 0.3) is 0 Å². The first-order chi connectivity index (χ1) is 12.1. The van der Waals surface area contributed by atoms with Crippen molar-refractivity contribution in [2.45, 2.75) is 45.7 Å². The number of ether oxygens (including phenoxy) is 1. The van der Waals surface area contributed by atoms with Gasteiger partial charge in [-0.25, -0.2) is 0 Å². The van der Waals surface area contributed by atoms with Crippen molar-refractivity contribution in [3.05, 3.63) is 46.8 Å². The zero-order valence-electron chi connectivity index (χ0n) is 14.6. The summed E-state index contributed by atoms with van der Waals surface area (Å²) in [7, 11) is 0. The highest BCUT2D eigenvalue weighted by Gasteiger charge is 2.25. The Morgan fingerprint density at radius 3 is 2.80 bits per heavy atom. The molecule has 25 heavy (non-hydrogen) atoms. The number of amides is 1. The number of hydrogen-bond donors (Lipinski definition) is 1. The van der Waals surface area contributed by atoms with Crippen LogP contribution in [-0.2, 0) is 11.3 Å². The lowest BCUT2D eigenvalue weighted by molar-refractivity contribution is -0.123. The predicted molar refractivity (Wildman–Crippen MR) is 93.1 cm³/mol. The Kier molecular flexibility index (Phi) is 5.03. The van der Waals surface area contributed by atoms with Gasteiger partial charge in [0.2, 0.25) is 5.91 Å². The molecule has 1 atom stereocenters. The topological polar surface area (TPSA) is 79.9 Å². The molecule has 0 bridgehead atoms. The van der Waals surface area contributed by atoms with E-state index in [9.17, 15) is 4.79 Å². The average molecular weight is 338 g/mol. The molecule has 0 saturated carbocycles. The van der Waals surface area contributed by atoms with Crippen LogP contribution in [0.15, 0.2) is 24.3 Å². The van der Waals surface area contributed by atoms with Crippen LogP contribution in [0.4, 0.5) is 0 Å². The lowest BCUT2D eigenvalue weighted by Gasteiger charge is -2.23. The van der Waals surface area contributed by atoms with Gasteiger partial charge in [0.1, 0.15) is 12.4 Å². The van der Waals surface area contributed by atoms with Gasteiger partial charge in [-0.1, -0.05) is 0 Å². The Labute approximate surface area is 147 Å². The van der Waals surface area contributed by atoms with Gasteiger partial charge in [-0.05, 0) is 51.0 Å². The monoisotopic (exact) mass is 338 g/mol. The van der Waals surface area contributed by atoms with Crippen LogP contribution in [-0.4, -0.2) is 22.3 Å². The molecule has 2 aromatic rings. The summed E-state index contributed by atoms with van der Waals surface area (Å²) in [6.07, 6.45) is 2.49. The van der Waals surface area contributed by atoms with Crippen LogP contribution in [0, 0.1) is 25.2 Å². The van der Waals surface area contributed by atoms with Gasteiger partial charge in [-0.2, -0.15) is 10.4 Å². The zero-order valence-corrected chi connectivity index (χ0v) is 14.6. The highest BCUT2D eigenvalue weighted by atomic mass is 16.5. The first-order valence-corrected chi connectivity index (χ1v) is 8.54. The lowest BCUT2D eigenvalue weighted by Crippen LogP contribution is -2.33. The van der Waals surface area contributed by atoms with Crippen molar-refractivity contribution in [2.75, 3.05) is 6.61 Å². The zero-order chi connectivity index (χ0) is 17.8. The summed E-state index contributed by atoms with van der Waals surface area (Å²) in [6, 6.07) is 9.22. The van der Waals surface area contributed by atoms with E-state index in [1.165, 1.54) is 0 Å². The van der Waals surface area contributed by atoms with Gasteiger partial charge >= 0.3 is 0 Å². The highest BCUT2D eigenvalue weighted by molar-refractivity contribution is 5.77. The minimum absolute atomic E-state index is 0.0643. The van der Waals surface area contributed by atoms with Crippen molar-refractivity contribution < 1.29 is 9.53 Å². The number of rotatable bonds is 5. The molecule has 6 heteroatoms. The van der Waals surface area contributed by atoms with E-state index in [1.54, 1.807) is 24.3 Å². The molecule has 1 fully saturated rings. The van der Waals surface area contributed by atoms with Gasteiger partial charge in [0.15, 0.2) is 0 Å². The normalized spacial score (nSPS) is 17.0. The van der Waals surface area contributed by atoms with E-state index in [-0.39, 0.29) is 11.9 Å². The molecule has 1 amide bonds. The van der Waals surface area contributed by atoms with Crippen LogP contribution >= 0.6 is 0 Å². The summed E-state index contributed by atoms with van der Waals surface area (Å²) in [5.74, 6) is 0.854. The number of hydrogen-bond acceptors (Lipinski definition) is 4. The smallest absolute Gasteiger partial charge is 0.220 e. The molecule has 3 rings (SSSR count). The molecule has 1 saturated heterocycles. The van der Waals surface area contributed by atoms with Crippen LogP contribution in [0.5, 0.6) is 5.75 Å². The maximum Gasteiger partial charge on any atom is 0.220 e. The molecule has 6 nitrogen and oxygen atoms in total. The number of aryl methyl sites for hydroxylation is 1. The predicted octanol–water partition coefficient (Wildman–Crippen LogP) is 2.79. The molecule has 1 unspecified atom stereocenters. The molecular weight excluding hydrogens is 316 g/mol. The van der Waals surface area contributed by atoms with E-state index in [0.29, 0.717) is 25.1 Å². The first-order valence-electron chi connectivity index (χ1n) is 8.54. The van der Waals surface area contributed by atoms with Gasteiger partial charge in [-0.15, -0.1) is 0 Å². The first kappa shape index (κ1) is 17.0. The molecule has 0 radical (unpaired) electrons. The van der Waals surface area contributed by atoms with Crippen molar-refractivity contribution in [3.8, 4) is 11.8 Å². The summed E-state index contributed by atoms with van der Waals surface area (Å²) in [5, 5.41) is 16.5. The van der Waals surface area contributed by atoms with E-state index >= 15 is 0 Å². The van der Waals surface area contributed by atoms with Crippen molar-refractivity contribution in [3.63, 3.8) is 0 Å². The van der Waals surface area contributed by atoms with E-state index in [2.05, 4.69) is 16.5 Å². The number of nitrogens with one attached hydrogen (secondary N) is 1. The van der Waals surface area contributed by atoms with Crippen molar-refractivity contribution >= 4 is 5.91 Å². The second-order valence-electron chi connectivity index (χ2n) is 6.30. The van der Waals surface area contributed by atoms with Crippen LogP contribution in [0.25, 0.3) is 0 Å². The Bertz CT molecular complexity index is 802. The van der Waals surface area contributed by atoms with Crippen molar-refractivity contribution in [1.82, 2.24) is 15.1 Å². The van der Waals surface area contributed by atoms with Crippen molar-refractivity contribution in [2.24, 2.45) is 0 Å². The molecule has 130 valence electrons. The SMILES string of the molecule is Cc1nn(CCOc2ccc(C#N)cc2)c(C)c1C1CCCC(=O)N1. The average Bonchev–Trinajstić information content (AvgIpc) is 2.89. The third-order valence-electron chi connectivity index (χ3n) is 4.57. The number of carbonyl (C=O) groups excluding carboxylic acids is 1. The number of nitrogens with zero attached hydrogens (tertiary/aromatic N) is 3. The standard InChI is InChI=1S/C19H22N4O2/c1-13-19(17-4-3-5-18(24)21-17)14(2)23(22-13)10-11-25-16-8-6-15(12-20)7-9-16/h6-9,17H,3-5,10-11H2,1-2H3,(H,21,24). The minimum Gasteiger partial charge on any atom is -0.492 e. The number of carbonyl (C=O) groups is 1. The largest absolute Gasteiger partial charge is 0.492 e. The Balaban J connectivity index is 1.64. The molecule has 1 aromatic carbocycles. The quantitative estimate of drug-likeness (QED) is 0.909. The third-order valence-corrected chi connectivity index (χ3v) is 4.57. The Morgan fingerprint density at radius 1 is 1.36 bits per heavy atom. The van der Waals surface area contributed by atoms with Crippen LogP contribution in [0.3, 0.4) is 0 Å². The van der Waals surface area contributed by atoms with E-state index < -0.39 is 0 Å². The maximum atomic E-state index is 11.7. The molecule has 0 spiro atoms. The number of benzene rings is 1. The highest BCUT2D eigenvalue weighted by Crippen LogP contribution is 2.28. The molecule has 1 aliphatic heterocycles. The maximum absolute atomic E-state index is 11.7. The van der Waals surface area contributed by atoms with Gasteiger partial charge < -0.3 is 10.1 Å². The van der Waals surface area contributed by atoms with E-state index in [1.807, 2.05) is 18.5 Å². The second kappa shape index (κ2) is 7.39. The van der Waals surface area contributed by atoms with Crippen molar-refractivity contribution in [1.29, 1.82) is 5.26 Å². The van der Waals surface area contributed by atoms with Crippen LogP contribution < -0.4 is 10.1 Å². The summed E-state index contributed by atoms with van der Waals surface area (Å²) in [5.41, 5.74) is 3.78. The fourth-order valence-corrected chi connectivity index (χ4v) is 3.33. The summed E-state index contributed by atoms with van der Waals surface area (Å²) in [4.78, 5) is 11.7. The Hall–Kier alpha value is -2.81. The molecule has 1 aromatic heterocycles. The fourth-order valence-electron chi connectivity index (χ4n) is 3.33. The van der Waals surface area contributed by atoms with Gasteiger partial charge in [0, 0.05) is 17.7 Å². The molecular formula is C19H22N4O2. The molecule has 0 aliphatic carbocycles. The van der Waals surface area contributed by atoms with Crippen LogP contribution in [0.1, 0.15) is 47.8 Å². The Morgan fingerprint density at radius 2 is 2.12 bits per heavy atom. The minimum atomic E-state index is 0.0643. The second-order valence-corrected chi connectivity index (χ2v) is 6.30. The summed E-state index contributed by atoms with van der Waals surface area (Å²) >= 11 is 0. The summed E-state index contributed by atoms with van der Waals surface area (Å²) < 4.78 is 7.68. The third kappa shape index (κ3) is 3.82. The molecule has 2 heterocycles. The van der Waals surface area contributed by atoms with Gasteiger partial charge in [-0.3, -0.25) is 9.48 Å². The lowest BCUT2D eigenvalue weighted by atomic mass is 9.96. The van der Waals surface area contributed by atoms with E-state index in [4.69, 9.17) is 10.00 Å². The van der Waals surface area contributed by atoms with Gasteiger partial charge in [0.05, 0.1) is 29.9 Å². The number of aromatic nitrogens is 2. The molecule has 1 aliphatic rings. The fraction of sp³-hybridized carbons (Fsp3) is 0.421. The summed E-state index contributed by atoms with van der Waals surface area (Å²) in [6.45, 7) is 5.15. The van der Waals surface area contributed by atoms with Crippen LogP contribution in [0.2, 0.25) is 0 Å².